The summed E-state index contributed by atoms with van der Waals surface area (Å²) in [4.78, 5) is 16.3. The number of aromatic nitrogens is 2. The molecule has 1 saturated carbocycles. The van der Waals surface area contributed by atoms with Crippen LogP contribution < -0.4 is 11.4 Å². The van der Waals surface area contributed by atoms with Crippen LogP contribution in [0, 0.1) is 5.92 Å². The minimum Gasteiger partial charge on any atom is -0.408 e. The Morgan fingerprint density at radius 3 is 2.66 bits per heavy atom. The van der Waals surface area contributed by atoms with E-state index >= 15 is 0 Å². The van der Waals surface area contributed by atoms with Crippen LogP contribution in [0.2, 0.25) is 18.1 Å². The van der Waals surface area contributed by atoms with Gasteiger partial charge in [0.2, 0.25) is 0 Å². The van der Waals surface area contributed by atoms with E-state index in [2.05, 4.69) is 45.4 Å². The molecule has 0 aromatic carbocycles. The fraction of sp³-hybridized carbons (Fsp3) is 0.760. The van der Waals surface area contributed by atoms with Crippen LogP contribution in [-0.4, -0.2) is 63.9 Å². The van der Waals surface area contributed by atoms with Crippen molar-refractivity contribution in [2.45, 2.75) is 107 Å². The maximum absolute atomic E-state index is 12.5. The van der Waals surface area contributed by atoms with Crippen LogP contribution >= 0.6 is 17.5 Å². The number of nitrogens with two attached hydrogens (primary N) is 1. The van der Waals surface area contributed by atoms with Crippen molar-refractivity contribution in [3.63, 3.8) is 0 Å². The number of nitrogen functional groups attached to an aromatic ring is 1. The number of anilines is 1. The van der Waals surface area contributed by atoms with Crippen LogP contribution in [0.3, 0.4) is 0 Å². The lowest BCUT2D eigenvalue weighted by Crippen LogP contribution is -2.50. The molecule has 3 rings (SSSR count). The van der Waals surface area contributed by atoms with E-state index in [1.165, 1.54) is 28.2 Å². The lowest BCUT2D eigenvalue weighted by atomic mass is 9.77. The predicted molar refractivity (Wildman–Crippen MR) is 161 cm³/mol. The number of nitrogens with zero attached hydrogens (tertiary/aromatic N) is 2. The van der Waals surface area contributed by atoms with Crippen molar-refractivity contribution < 1.29 is 23.9 Å². The summed E-state index contributed by atoms with van der Waals surface area (Å²) >= 11 is 7.27. The van der Waals surface area contributed by atoms with Crippen LogP contribution in [0.25, 0.3) is 0 Å². The van der Waals surface area contributed by atoms with E-state index < -0.39 is 50.8 Å². The minimum atomic E-state index is -2.32. The molecule has 2 unspecified atom stereocenters. The van der Waals surface area contributed by atoms with Gasteiger partial charge in [-0.3, -0.25) is 4.57 Å². The third-order valence-electron chi connectivity index (χ3n) is 8.25. The molecule has 13 heteroatoms. The molecule has 4 N–H and O–H groups in total. The van der Waals surface area contributed by atoms with Crippen molar-refractivity contribution in [3.8, 4) is 0 Å². The molecule has 8 atom stereocenters. The van der Waals surface area contributed by atoms with Crippen LogP contribution in [-0.2, 0) is 25.5 Å². The van der Waals surface area contributed by atoms with Crippen molar-refractivity contribution in [1.82, 2.24) is 9.55 Å². The summed E-state index contributed by atoms with van der Waals surface area (Å²) in [6.45, 7) is 18.8. The Balaban J connectivity index is 1.75. The second-order valence-corrected chi connectivity index (χ2v) is 22.5. The second kappa shape index (κ2) is 12.1. The predicted octanol–water partition coefficient (Wildman–Crippen LogP) is 4.23. The fourth-order valence-electron chi connectivity index (χ4n) is 4.57. The van der Waals surface area contributed by atoms with Crippen LogP contribution in [0.5, 0.6) is 0 Å². The molecule has 0 bridgehead atoms. The quantitative estimate of drug-likeness (QED) is 0.214. The fourth-order valence-corrected chi connectivity index (χ4v) is 11.2. The Morgan fingerprint density at radius 1 is 1.45 bits per heavy atom. The average molecular weight is 606 g/mol. The van der Waals surface area contributed by atoms with E-state index in [0.717, 1.165) is 18.4 Å². The van der Waals surface area contributed by atoms with Crippen LogP contribution in [0.15, 0.2) is 29.2 Å². The third-order valence-corrected chi connectivity index (χ3v) is 17.6. The molecule has 0 spiro atoms. The molecule has 1 saturated heterocycles. The molecule has 1 aliphatic heterocycles. The van der Waals surface area contributed by atoms with Crippen molar-refractivity contribution in [2.24, 2.45) is 5.92 Å². The molecule has 2 heterocycles. The topological polar surface area (TPSA) is 129 Å². The van der Waals surface area contributed by atoms with E-state index in [0.29, 0.717) is 12.3 Å². The summed E-state index contributed by atoms with van der Waals surface area (Å²) in [7, 11) is -2.32. The molecule has 0 radical (unpaired) electrons. The molecule has 0 amide bonds. The van der Waals surface area contributed by atoms with Gasteiger partial charge in [0, 0.05) is 10.9 Å². The molecule has 1 aliphatic carbocycles. The number of rotatable bonds is 9. The van der Waals surface area contributed by atoms with Gasteiger partial charge in [-0.1, -0.05) is 56.1 Å². The maximum atomic E-state index is 12.5. The van der Waals surface area contributed by atoms with E-state index in [-0.39, 0.29) is 22.2 Å². The van der Waals surface area contributed by atoms with Gasteiger partial charge in [-0.25, -0.2) is 4.79 Å². The van der Waals surface area contributed by atoms with E-state index in [1.54, 1.807) is 0 Å². The largest absolute Gasteiger partial charge is 0.408 e. The minimum absolute atomic E-state index is 0.0935. The first kappa shape index (κ1) is 32.0. The number of hydrogen-bond acceptors (Lipinski definition) is 10. The van der Waals surface area contributed by atoms with E-state index in [1.807, 2.05) is 13.8 Å². The summed E-state index contributed by atoms with van der Waals surface area (Å²) in [5, 5.41) is 22.1. The zero-order valence-electron chi connectivity index (χ0n) is 23.5. The Labute approximate surface area is 236 Å². The molecule has 2 fully saturated rings. The van der Waals surface area contributed by atoms with Crippen molar-refractivity contribution >= 4 is 43.4 Å². The van der Waals surface area contributed by atoms with Crippen molar-refractivity contribution in [3.05, 3.63) is 34.9 Å². The number of aliphatic hydroxyl groups is 2. The van der Waals surface area contributed by atoms with Crippen LogP contribution in [0.1, 0.15) is 60.1 Å². The maximum Gasteiger partial charge on any atom is 0.351 e. The van der Waals surface area contributed by atoms with Gasteiger partial charge in [-0.15, -0.1) is 0 Å². The van der Waals surface area contributed by atoms with Gasteiger partial charge in [0.15, 0.2) is 14.5 Å². The summed E-state index contributed by atoms with van der Waals surface area (Å²) in [6.07, 6.45) is -1.83. The smallest absolute Gasteiger partial charge is 0.351 e. The number of ether oxygens (including phenoxy) is 1. The SMILES string of the molecule is C=C(C)[C@H]1CC[C@@](C)(S[PH](=S)OC[C@H]2O[C@@H](n3ccc(N)nc3=O)[C@H](O)C2O[Si](C)(C)C(C)(C)C)[C@H](O)C1. The Hall–Kier alpha value is -0.563. The first-order chi connectivity index (χ1) is 17.4. The van der Waals surface area contributed by atoms with Gasteiger partial charge in [-0.2, -0.15) is 4.98 Å². The molecular weight excluding hydrogens is 561 g/mol. The Morgan fingerprint density at radius 2 is 2.11 bits per heavy atom. The van der Waals surface area contributed by atoms with Gasteiger partial charge < -0.3 is 29.6 Å². The molecule has 1 aromatic heterocycles. The van der Waals surface area contributed by atoms with Crippen molar-refractivity contribution in [1.29, 1.82) is 0 Å². The Bertz CT molecular complexity index is 1100. The zero-order valence-corrected chi connectivity index (χ0v) is 27.1. The van der Waals surface area contributed by atoms with E-state index in [4.69, 9.17) is 31.2 Å². The molecule has 2 aliphatic rings. The van der Waals surface area contributed by atoms with Crippen LogP contribution in [0.4, 0.5) is 5.82 Å². The highest BCUT2D eigenvalue weighted by atomic mass is 32.9. The van der Waals surface area contributed by atoms with Gasteiger partial charge in [-0.05, 0) is 63.2 Å². The van der Waals surface area contributed by atoms with E-state index in [9.17, 15) is 15.0 Å². The third kappa shape index (κ3) is 7.19. The summed E-state index contributed by atoms with van der Waals surface area (Å²) < 4.78 is 19.8. The first-order valence-electron chi connectivity index (χ1n) is 13.0. The van der Waals surface area contributed by atoms with Gasteiger partial charge in [0.1, 0.15) is 30.3 Å². The second-order valence-electron chi connectivity index (χ2n) is 12.2. The number of allylic oxidation sites excluding steroid dienone is 1. The highest BCUT2D eigenvalue weighted by Gasteiger charge is 2.51. The standard InChI is InChI=1S/C25H44N3O6PS2Si/c1-15(2)16-9-11-25(6,18(29)13-16)37-35(36)32-14-17-21(34-38(7,8)24(3,4)5)20(30)22(33-17)28-12-10-19(26)27-23(28)31/h10,12,16-18,20-22,29-30,35H,1,9,11,13-14H2,2-8H3,(H2,26,27,31)/t16-,17+,18+,20+,21?,22+,25+/m0/s1. The highest BCUT2D eigenvalue weighted by Crippen LogP contribution is 2.55. The van der Waals surface area contributed by atoms with Gasteiger partial charge in [0.05, 0.1) is 12.7 Å². The van der Waals surface area contributed by atoms with Crippen molar-refractivity contribution in [2.75, 3.05) is 12.3 Å². The monoisotopic (exact) mass is 605 g/mol. The number of hydrogen-bond donors (Lipinski definition) is 3. The summed E-state index contributed by atoms with van der Waals surface area (Å²) in [5.74, 6) is 0.418. The Kier molecular flexibility index (Phi) is 10.2. The summed E-state index contributed by atoms with van der Waals surface area (Å²) in [6, 6.07) is 1.49. The average Bonchev–Trinajstić information content (AvgIpc) is 3.08. The summed E-state index contributed by atoms with van der Waals surface area (Å²) in [5.41, 5.74) is 6.14. The lowest BCUT2D eigenvalue weighted by Gasteiger charge is -2.41. The lowest BCUT2D eigenvalue weighted by molar-refractivity contribution is -0.0497. The number of aliphatic hydroxyl groups excluding tert-OH is 2. The molecule has 1 aromatic rings. The van der Waals surface area contributed by atoms with Gasteiger partial charge in [0.25, 0.3) is 0 Å². The normalized spacial score (nSPS) is 33.3. The molecule has 38 heavy (non-hydrogen) atoms. The zero-order chi connectivity index (χ0) is 28.6. The first-order valence-corrected chi connectivity index (χ1v) is 20.0. The highest BCUT2D eigenvalue weighted by molar-refractivity contribution is 8.63. The molecule has 216 valence electrons. The molecule has 9 nitrogen and oxygen atoms in total. The van der Waals surface area contributed by atoms with Gasteiger partial charge >= 0.3 is 5.69 Å². The molecular formula is C25H44N3O6PS2Si.